The van der Waals surface area contributed by atoms with E-state index in [1.807, 2.05) is 30.2 Å². The first-order chi connectivity index (χ1) is 8.17. The molecule has 3 heteroatoms. The molecule has 0 amide bonds. The average molecular weight is 237 g/mol. The van der Waals surface area contributed by atoms with Gasteiger partial charge in [0.15, 0.2) is 0 Å². The summed E-state index contributed by atoms with van der Waals surface area (Å²) >= 11 is 0. The van der Waals surface area contributed by atoms with Crippen LogP contribution in [-0.4, -0.2) is 29.4 Å². The lowest BCUT2D eigenvalue weighted by atomic mass is 10.1. The molecule has 0 aliphatic rings. The molecule has 0 radical (unpaired) electrons. The average Bonchev–Trinajstić information content (AvgIpc) is 2.28. The largest absolute Gasteiger partial charge is 0.508 e. The Hall–Kier alpha value is -1.06. The molecule has 1 N–H and O–H groups in total. The highest BCUT2D eigenvalue weighted by Gasteiger charge is 2.13. The van der Waals surface area contributed by atoms with Crippen LogP contribution in [0.4, 0.5) is 0 Å². The van der Waals surface area contributed by atoms with E-state index in [1.54, 1.807) is 6.07 Å². The van der Waals surface area contributed by atoms with Gasteiger partial charge in [0.2, 0.25) is 0 Å². The molecule has 3 nitrogen and oxygen atoms in total. The SMILES string of the molecule is CCCN(OCC)C(C)Cc1cccc(O)c1. The minimum Gasteiger partial charge on any atom is -0.508 e. The monoisotopic (exact) mass is 237 g/mol. The van der Waals surface area contributed by atoms with Crippen molar-refractivity contribution in [3.63, 3.8) is 0 Å². The van der Waals surface area contributed by atoms with Crippen molar-refractivity contribution in [3.05, 3.63) is 29.8 Å². The first-order valence-corrected chi connectivity index (χ1v) is 6.34. The Morgan fingerprint density at radius 2 is 2.12 bits per heavy atom. The second kappa shape index (κ2) is 7.30. The van der Waals surface area contributed by atoms with E-state index >= 15 is 0 Å². The summed E-state index contributed by atoms with van der Waals surface area (Å²) in [6.07, 6.45) is 1.96. The van der Waals surface area contributed by atoms with Crippen LogP contribution in [0, 0.1) is 0 Å². The minimum atomic E-state index is 0.316. The summed E-state index contributed by atoms with van der Waals surface area (Å²) in [5.41, 5.74) is 1.14. The van der Waals surface area contributed by atoms with Crippen molar-refractivity contribution < 1.29 is 9.94 Å². The molecule has 1 rings (SSSR count). The number of rotatable bonds is 7. The van der Waals surface area contributed by atoms with Crippen LogP contribution in [-0.2, 0) is 11.3 Å². The van der Waals surface area contributed by atoms with Crippen LogP contribution >= 0.6 is 0 Å². The lowest BCUT2D eigenvalue weighted by molar-refractivity contribution is -0.178. The molecule has 1 unspecified atom stereocenters. The molecule has 1 aromatic rings. The molecule has 0 aromatic heterocycles. The summed E-state index contributed by atoms with van der Waals surface area (Å²) in [4.78, 5) is 5.62. The summed E-state index contributed by atoms with van der Waals surface area (Å²) in [7, 11) is 0. The molecule has 0 bridgehead atoms. The number of hydrogen-bond acceptors (Lipinski definition) is 3. The number of aromatic hydroxyl groups is 1. The van der Waals surface area contributed by atoms with Crippen LogP contribution in [0.3, 0.4) is 0 Å². The molecular formula is C14H23NO2. The summed E-state index contributed by atoms with van der Waals surface area (Å²) in [5, 5.41) is 11.5. The second-order valence-electron chi connectivity index (χ2n) is 4.28. The second-order valence-corrected chi connectivity index (χ2v) is 4.28. The first-order valence-electron chi connectivity index (χ1n) is 6.34. The Morgan fingerprint density at radius 1 is 1.35 bits per heavy atom. The normalized spacial score (nSPS) is 12.9. The topological polar surface area (TPSA) is 32.7 Å². The van der Waals surface area contributed by atoms with Gasteiger partial charge in [-0.3, -0.25) is 4.84 Å². The van der Waals surface area contributed by atoms with Crippen molar-refractivity contribution in [2.75, 3.05) is 13.2 Å². The number of nitrogens with zero attached hydrogens (tertiary/aromatic N) is 1. The van der Waals surface area contributed by atoms with E-state index in [0.29, 0.717) is 18.4 Å². The Morgan fingerprint density at radius 3 is 2.71 bits per heavy atom. The Kier molecular flexibility index (Phi) is 6.01. The van der Waals surface area contributed by atoms with Crippen LogP contribution in [0.5, 0.6) is 5.75 Å². The van der Waals surface area contributed by atoms with E-state index < -0.39 is 0 Å². The number of benzene rings is 1. The fourth-order valence-electron chi connectivity index (χ4n) is 1.92. The third-order valence-electron chi connectivity index (χ3n) is 2.67. The summed E-state index contributed by atoms with van der Waals surface area (Å²) in [6.45, 7) is 7.93. The number of hydrogen-bond donors (Lipinski definition) is 1. The van der Waals surface area contributed by atoms with Crippen molar-refractivity contribution in [1.82, 2.24) is 5.06 Å². The van der Waals surface area contributed by atoms with Gasteiger partial charge in [0.05, 0.1) is 6.61 Å². The standard InChI is InChI=1S/C14H23NO2/c1-4-9-15(17-5-2)12(3)10-13-7-6-8-14(16)11-13/h6-8,11-12,16H,4-5,9-10H2,1-3H3. The summed E-state index contributed by atoms with van der Waals surface area (Å²) in [6, 6.07) is 7.73. The predicted octanol–water partition coefficient (Wildman–Crippen LogP) is 2.99. The molecule has 0 heterocycles. The quantitative estimate of drug-likeness (QED) is 0.740. The maximum absolute atomic E-state index is 9.43. The molecule has 1 atom stereocenters. The maximum Gasteiger partial charge on any atom is 0.115 e. The molecule has 0 spiro atoms. The van der Waals surface area contributed by atoms with Crippen LogP contribution in [0.15, 0.2) is 24.3 Å². The fourth-order valence-corrected chi connectivity index (χ4v) is 1.92. The smallest absolute Gasteiger partial charge is 0.115 e. The van der Waals surface area contributed by atoms with Crippen molar-refractivity contribution in [1.29, 1.82) is 0 Å². The molecule has 0 aliphatic heterocycles. The highest BCUT2D eigenvalue weighted by molar-refractivity contribution is 5.27. The van der Waals surface area contributed by atoms with Gasteiger partial charge in [0, 0.05) is 12.6 Å². The van der Waals surface area contributed by atoms with Gasteiger partial charge in [-0.05, 0) is 44.4 Å². The zero-order valence-electron chi connectivity index (χ0n) is 11.0. The first kappa shape index (κ1) is 14.0. The van der Waals surface area contributed by atoms with Crippen LogP contribution < -0.4 is 0 Å². The molecule has 1 aromatic carbocycles. The van der Waals surface area contributed by atoms with Crippen LogP contribution in [0.1, 0.15) is 32.8 Å². The molecular weight excluding hydrogens is 214 g/mol. The van der Waals surface area contributed by atoms with Gasteiger partial charge in [-0.25, -0.2) is 0 Å². The maximum atomic E-state index is 9.43. The highest BCUT2D eigenvalue weighted by Crippen LogP contribution is 2.15. The lowest BCUT2D eigenvalue weighted by Gasteiger charge is -2.27. The van der Waals surface area contributed by atoms with Crippen molar-refractivity contribution in [3.8, 4) is 5.75 Å². The Balaban J connectivity index is 2.59. The Labute approximate surface area is 104 Å². The van der Waals surface area contributed by atoms with Gasteiger partial charge in [-0.15, -0.1) is 0 Å². The lowest BCUT2D eigenvalue weighted by Crippen LogP contribution is -2.35. The van der Waals surface area contributed by atoms with E-state index in [4.69, 9.17) is 4.84 Å². The number of phenolic OH excluding ortho intramolecular Hbond substituents is 1. The summed E-state index contributed by atoms with van der Waals surface area (Å²) in [5.74, 6) is 0.327. The third kappa shape index (κ3) is 4.75. The van der Waals surface area contributed by atoms with Crippen LogP contribution in [0.2, 0.25) is 0 Å². The zero-order valence-corrected chi connectivity index (χ0v) is 11.0. The zero-order chi connectivity index (χ0) is 12.7. The number of hydroxylamine groups is 2. The van der Waals surface area contributed by atoms with Crippen molar-refractivity contribution in [2.45, 2.75) is 39.7 Å². The van der Waals surface area contributed by atoms with Gasteiger partial charge in [-0.2, -0.15) is 5.06 Å². The molecule has 0 saturated heterocycles. The van der Waals surface area contributed by atoms with Gasteiger partial charge in [0.25, 0.3) is 0 Å². The molecule has 0 aliphatic carbocycles. The van der Waals surface area contributed by atoms with E-state index in [9.17, 15) is 5.11 Å². The highest BCUT2D eigenvalue weighted by atomic mass is 16.7. The minimum absolute atomic E-state index is 0.316. The van der Waals surface area contributed by atoms with E-state index in [1.165, 1.54) is 0 Å². The van der Waals surface area contributed by atoms with Crippen molar-refractivity contribution >= 4 is 0 Å². The fraction of sp³-hybridized carbons (Fsp3) is 0.571. The molecule has 0 fully saturated rings. The molecule has 0 saturated carbocycles. The van der Waals surface area contributed by atoms with Crippen LogP contribution in [0.25, 0.3) is 0 Å². The van der Waals surface area contributed by atoms with E-state index in [-0.39, 0.29) is 0 Å². The van der Waals surface area contributed by atoms with E-state index in [0.717, 1.165) is 24.9 Å². The van der Waals surface area contributed by atoms with Gasteiger partial charge in [0.1, 0.15) is 5.75 Å². The van der Waals surface area contributed by atoms with E-state index in [2.05, 4.69) is 13.8 Å². The van der Waals surface area contributed by atoms with Gasteiger partial charge < -0.3 is 5.11 Å². The predicted molar refractivity (Wildman–Crippen MR) is 69.9 cm³/mol. The molecule has 96 valence electrons. The summed E-state index contributed by atoms with van der Waals surface area (Å²) < 4.78 is 0. The molecule has 17 heavy (non-hydrogen) atoms. The Bertz CT molecular complexity index is 322. The number of phenols is 1. The van der Waals surface area contributed by atoms with Gasteiger partial charge >= 0.3 is 0 Å². The van der Waals surface area contributed by atoms with Gasteiger partial charge in [-0.1, -0.05) is 19.1 Å². The van der Waals surface area contributed by atoms with Crippen molar-refractivity contribution in [2.24, 2.45) is 0 Å². The third-order valence-corrected chi connectivity index (χ3v) is 2.67.